The van der Waals surface area contributed by atoms with Gasteiger partial charge in [-0.2, -0.15) is 0 Å². The summed E-state index contributed by atoms with van der Waals surface area (Å²) >= 11 is 0. The molecule has 3 heteroatoms. The van der Waals surface area contributed by atoms with Crippen LogP contribution in [0.2, 0.25) is 0 Å². The third kappa shape index (κ3) is 2.54. The van der Waals surface area contributed by atoms with Gasteiger partial charge in [0.15, 0.2) is 6.54 Å². The molecule has 0 aromatic heterocycles. The first-order valence-corrected chi connectivity index (χ1v) is 5.98. The number of hydrazone groups is 1. The number of hydrogen-bond donors (Lipinski definition) is 1. The van der Waals surface area contributed by atoms with Crippen molar-refractivity contribution >= 4 is 11.6 Å². The minimum absolute atomic E-state index is 0.00102. The maximum atomic E-state index is 11.4. The lowest BCUT2D eigenvalue weighted by Gasteiger charge is -2.18. The van der Waals surface area contributed by atoms with E-state index in [2.05, 4.69) is 38.3 Å². The first-order valence-electron chi connectivity index (χ1n) is 5.98. The molecule has 2 rings (SSSR count). The molecule has 0 atom stereocenters. The number of hydrogen-bond acceptors (Lipinski definition) is 1. The van der Waals surface area contributed by atoms with Gasteiger partial charge in [-0.15, -0.1) is 10.1 Å². The monoisotopic (exact) mass is 231 g/mol. The molecule has 0 unspecified atom stereocenters. The quantitative estimate of drug-likeness (QED) is 0.736. The van der Waals surface area contributed by atoms with Gasteiger partial charge in [0.1, 0.15) is 0 Å². The van der Waals surface area contributed by atoms with Crippen LogP contribution in [0.25, 0.3) is 0 Å². The molecule has 0 aliphatic carbocycles. The summed E-state index contributed by atoms with van der Waals surface area (Å²) in [7, 11) is 0. The molecule has 1 heterocycles. The van der Waals surface area contributed by atoms with Gasteiger partial charge < -0.3 is 0 Å². The minimum atomic E-state index is -0.00102. The maximum absolute atomic E-state index is 11.4. The number of carbonyl (C=O) groups excluding carboxylic acids is 1. The number of rotatable bonds is 1. The topological polar surface area (TPSA) is 32.1 Å². The van der Waals surface area contributed by atoms with Gasteiger partial charge in [0.2, 0.25) is 5.71 Å². The second kappa shape index (κ2) is 4.32. The zero-order valence-corrected chi connectivity index (χ0v) is 10.7. The van der Waals surface area contributed by atoms with E-state index in [1.807, 2.05) is 22.9 Å². The summed E-state index contributed by atoms with van der Waals surface area (Å²) in [4.78, 5) is 11.4. The van der Waals surface area contributed by atoms with E-state index in [9.17, 15) is 4.79 Å². The molecule has 1 aromatic rings. The van der Waals surface area contributed by atoms with Gasteiger partial charge in [-0.3, -0.25) is 4.79 Å². The molecule has 0 saturated carbocycles. The summed E-state index contributed by atoms with van der Waals surface area (Å²) in [5.74, 6) is 0.0997. The lowest BCUT2D eigenvalue weighted by Crippen LogP contribution is -2.37. The van der Waals surface area contributed by atoms with Gasteiger partial charge >= 0.3 is 0 Å². The molecule has 3 nitrogen and oxygen atoms in total. The van der Waals surface area contributed by atoms with Crippen LogP contribution < -0.4 is 5.43 Å². The Balaban J connectivity index is 2.51. The van der Waals surface area contributed by atoms with Gasteiger partial charge in [-0.25, -0.2) is 0 Å². The molecular weight excluding hydrogens is 212 g/mol. The number of benzene rings is 1. The fraction of sp³-hybridized carbons (Fsp3) is 0.429. The largest absolute Gasteiger partial charge is 0.280 e. The Hall–Kier alpha value is -1.64. The highest BCUT2D eigenvalue weighted by Gasteiger charge is 2.34. The Kier molecular flexibility index (Phi) is 3.01. The smallest absolute Gasteiger partial charge is 0.269 e. The van der Waals surface area contributed by atoms with Crippen molar-refractivity contribution in [2.45, 2.75) is 27.2 Å². The fourth-order valence-electron chi connectivity index (χ4n) is 2.23. The van der Waals surface area contributed by atoms with Crippen LogP contribution in [0.4, 0.5) is 0 Å². The molecule has 1 N–H and O–H groups in total. The van der Waals surface area contributed by atoms with E-state index in [4.69, 9.17) is 0 Å². The van der Waals surface area contributed by atoms with Gasteiger partial charge in [0.05, 0.1) is 6.42 Å². The molecule has 1 aromatic carbocycles. The molecule has 1 aliphatic rings. The lowest BCUT2D eigenvalue weighted by molar-refractivity contribution is -0.560. The normalized spacial score (nSPS) is 19.1. The lowest BCUT2D eigenvalue weighted by atomic mass is 9.85. The van der Waals surface area contributed by atoms with Crippen molar-refractivity contribution in [3.05, 3.63) is 35.9 Å². The van der Waals surface area contributed by atoms with E-state index in [0.29, 0.717) is 6.42 Å². The summed E-state index contributed by atoms with van der Waals surface area (Å²) in [6.07, 6.45) is 0.576. The van der Waals surface area contributed by atoms with Crippen molar-refractivity contribution in [3.8, 4) is 0 Å². The number of amides is 1. The number of nitrogens with one attached hydrogen (secondary N) is 1. The molecule has 90 valence electrons. The summed E-state index contributed by atoms with van der Waals surface area (Å²) in [5.41, 5.74) is 5.25. The first-order chi connectivity index (χ1) is 7.98. The molecule has 0 bridgehead atoms. The zero-order chi connectivity index (χ0) is 12.5. The number of hydrazine groups is 1. The van der Waals surface area contributed by atoms with Gasteiger partial charge in [-0.05, 0) is 12.1 Å². The molecule has 17 heavy (non-hydrogen) atoms. The van der Waals surface area contributed by atoms with Crippen molar-refractivity contribution in [1.29, 1.82) is 0 Å². The van der Waals surface area contributed by atoms with Crippen LogP contribution in [0.1, 0.15) is 32.8 Å². The SMILES string of the molecule is CC(C)(C)C(c1ccccc1)=[N+]1CCC(=O)N1. The predicted octanol–water partition coefficient (Wildman–Crippen LogP) is 1.97. The Morgan fingerprint density at radius 1 is 1.24 bits per heavy atom. The van der Waals surface area contributed by atoms with E-state index in [0.717, 1.165) is 6.54 Å². The van der Waals surface area contributed by atoms with Crippen LogP contribution in [0.3, 0.4) is 0 Å². The van der Waals surface area contributed by atoms with Crippen LogP contribution >= 0.6 is 0 Å². The average Bonchev–Trinajstić information content (AvgIpc) is 2.64. The van der Waals surface area contributed by atoms with Gasteiger partial charge in [-0.1, -0.05) is 39.0 Å². The van der Waals surface area contributed by atoms with Crippen LogP contribution in [0.5, 0.6) is 0 Å². The summed E-state index contributed by atoms with van der Waals surface area (Å²) in [5, 5.41) is 0. The third-order valence-electron chi connectivity index (χ3n) is 2.85. The number of carbonyl (C=O) groups is 1. The van der Waals surface area contributed by atoms with Gasteiger partial charge in [0.25, 0.3) is 5.91 Å². The molecule has 1 amide bonds. The molecule has 1 saturated heterocycles. The third-order valence-corrected chi connectivity index (χ3v) is 2.85. The maximum Gasteiger partial charge on any atom is 0.280 e. The van der Waals surface area contributed by atoms with E-state index in [-0.39, 0.29) is 11.3 Å². The van der Waals surface area contributed by atoms with Crippen molar-refractivity contribution in [2.75, 3.05) is 6.54 Å². The van der Waals surface area contributed by atoms with E-state index < -0.39 is 0 Å². The standard InChI is InChI=1S/C14H18N2O/c1-14(2,3)13(11-7-5-4-6-8-11)16-10-9-12(17)15-16/h4-8H,9-10H2,1-3H3/p+1. The summed E-state index contributed by atoms with van der Waals surface area (Å²) in [6.45, 7) is 7.25. The zero-order valence-electron chi connectivity index (χ0n) is 10.7. The highest BCUT2D eigenvalue weighted by molar-refractivity contribution is 6.01. The van der Waals surface area contributed by atoms with Crippen LogP contribution in [-0.2, 0) is 4.79 Å². The van der Waals surface area contributed by atoms with E-state index >= 15 is 0 Å². The minimum Gasteiger partial charge on any atom is -0.269 e. The van der Waals surface area contributed by atoms with Crippen molar-refractivity contribution in [2.24, 2.45) is 5.41 Å². The molecule has 1 fully saturated rings. The summed E-state index contributed by atoms with van der Waals surface area (Å²) < 4.78 is 1.98. The predicted molar refractivity (Wildman–Crippen MR) is 67.9 cm³/mol. The van der Waals surface area contributed by atoms with Gasteiger partial charge in [0, 0.05) is 11.0 Å². The number of nitrogens with zero attached hydrogens (tertiary/aromatic N) is 1. The molecule has 0 spiro atoms. The van der Waals surface area contributed by atoms with Crippen LogP contribution in [0.15, 0.2) is 30.3 Å². The molecule has 1 aliphatic heterocycles. The van der Waals surface area contributed by atoms with Crippen LogP contribution in [-0.4, -0.2) is 22.8 Å². The van der Waals surface area contributed by atoms with Crippen molar-refractivity contribution < 1.29 is 9.48 Å². The molecule has 0 radical (unpaired) electrons. The highest BCUT2D eigenvalue weighted by Crippen LogP contribution is 2.22. The second-order valence-corrected chi connectivity index (χ2v) is 5.40. The molecular formula is C14H19N2O+. The second-order valence-electron chi connectivity index (χ2n) is 5.40. The Morgan fingerprint density at radius 2 is 1.88 bits per heavy atom. The van der Waals surface area contributed by atoms with E-state index in [1.54, 1.807) is 0 Å². The highest BCUT2D eigenvalue weighted by atomic mass is 16.2. The Morgan fingerprint density at radius 3 is 2.35 bits per heavy atom. The fourth-order valence-corrected chi connectivity index (χ4v) is 2.23. The summed E-state index contributed by atoms with van der Waals surface area (Å²) in [6, 6.07) is 10.2. The van der Waals surface area contributed by atoms with Crippen molar-refractivity contribution in [1.82, 2.24) is 5.43 Å². The van der Waals surface area contributed by atoms with Crippen LogP contribution in [0, 0.1) is 5.41 Å². The Labute approximate surface area is 102 Å². The Bertz CT molecular complexity index is 455. The van der Waals surface area contributed by atoms with Crippen molar-refractivity contribution in [3.63, 3.8) is 0 Å². The van der Waals surface area contributed by atoms with E-state index in [1.165, 1.54) is 11.3 Å². The average molecular weight is 231 g/mol. The first kappa shape index (κ1) is 11.8.